The number of amides is 1. The first-order valence-corrected chi connectivity index (χ1v) is 13.9. The number of fused-ring (bicyclic) bond motifs is 2. The van der Waals surface area contributed by atoms with E-state index in [1.807, 2.05) is 40.7 Å². The van der Waals surface area contributed by atoms with Crippen LogP contribution in [-0.2, 0) is 26.1 Å². The van der Waals surface area contributed by atoms with E-state index in [1.54, 1.807) is 51.0 Å². The molecule has 0 radical (unpaired) electrons. The number of ether oxygens (including phenoxy) is 3. The van der Waals surface area contributed by atoms with Crippen molar-refractivity contribution < 1.29 is 28.6 Å². The SMILES string of the molecule is COc1cc(C)c2c(c1C(C)(CC=O)c1nc3ccc(C#N)cc3n1C(=O)OC(C)(C)C)CCN2C(=O)OC(C)(C)C. The lowest BCUT2D eigenvalue weighted by Gasteiger charge is -2.33. The maximum atomic E-state index is 13.8. The number of methoxy groups -OCH3 is 1. The van der Waals surface area contributed by atoms with E-state index in [4.69, 9.17) is 19.2 Å². The standard InChI is InChI=1S/C32H38N4O6/c1-19-16-24(40-9)25(21-12-14-35(26(19)21)28(38)41-30(2,3)4)32(8,13-15-37)27-34-22-11-10-20(18-33)17-23(22)36(27)29(39)42-31(5,6)7/h10-11,15-17H,12-14H2,1-9H3. The molecule has 0 bridgehead atoms. The Hall–Kier alpha value is -4.39. The molecule has 10 heteroatoms. The van der Waals surface area contributed by atoms with Gasteiger partial charge in [-0.3, -0.25) is 4.90 Å². The summed E-state index contributed by atoms with van der Waals surface area (Å²) in [5.41, 5.74) is 1.43. The predicted octanol–water partition coefficient (Wildman–Crippen LogP) is 6.20. The smallest absolute Gasteiger partial charge is 0.420 e. The quantitative estimate of drug-likeness (QED) is 0.330. The number of aldehydes is 1. The first kappa shape index (κ1) is 30.6. The molecule has 1 aromatic heterocycles. The van der Waals surface area contributed by atoms with Gasteiger partial charge in [0.05, 0.1) is 40.9 Å². The van der Waals surface area contributed by atoms with Crippen LogP contribution in [0.2, 0.25) is 0 Å². The van der Waals surface area contributed by atoms with Gasteiger partial charge in [-0.05, 0) is 97.2 Å². The van der Waals surface area contributed by atoms with E-state index in [0.717, 1.165) is 17.4 Å². The first-order chi connectivity index (χ1) is 19.5. The van der Waals surface area contributed by atoms with Crippen molar-refractivity contribution in [2.45, 2.75) is 84.8 Å². The van der Waals surface area contributed by atoms with Crippen LogP contribution in [0.15, 0.2) is 24.3 Å². The number of nitriles is 1. The van der Waals surface area contributed by atoms with Crippen molar-refractivity contribution in [3.8, 4) is 11.8 Å². The average molecular weight is 575 g/mol. The van der Waals surface area contributed by atoms with Gasteiger partial charge in [-0.15, -0.1) is 0 Å². The highest BCUT2D eigenvalue weighted by Gasteiger charge is 2.44. The van der Waals surface area contributed by atoms with E-state index in [0.29, 0.717) is 46.6 Å². The molecular formula is C32H38N4O6. The number of anilines is 1. The zero-order valence-electron chi connectivity index (χ0n) is 25.7. The molecule has 3 aromatic rings. The molecule has 42 heavy (non-hydrogen) atoms. The summed E-state index contributed by atoms with van der Waals surface area (Å²) in [4.78, 5) is 45.9. The summed E-state index contributed by atoms with van der Waals surface area (Å²) in [6, 6.07) is 8.81. The van der Waals surface area contributed by atoms with Crippen molar-refractivity contribution in [3.05, 3.63) is 52.3 Å². The van der Waals surface area contributed by atoms with Crippen molar-refractivity contribution in [1.82, 2.24) is 9.55 Å². The molecule has 4 rings (SSSR count). The number of nitrogens with zero attached hydrogens (tertiary/aromatic N) is 4. The highest BCUT2D eigenvalue weighted by Crippen LogP contribution is 2.49. The number of benzene rings is 2. The summed E-state index contributed by atoms with van der Waals surface area (Å²) < 4.78 is 18.7. The zero-order chi connectivity index (χ0) is 31.2. The normalized spacial score (nSPS) is 14.6. The van der Waals surface area contributed by atoms with Crippen LogP contribution in [0.1, 0.15) is 83.0 Å². The third-order valence-electron chi connectivity index (χ3n) is 7.14. The largest absolute Gasteiger partial charge is 0.496 e. The number of rotatable bonds is 5. The number of aromatic nitrogens is 2. The summed E-state index contributed by atoms with van der Waals surface area (Å²) >= 11 is 0. The molecule has 0 aliphatic carbocycles. The highest BCUT2D eigenvalue weighted by atomic mass is 16.6. The lowest BCUT2D eigenvalue weighted by atomic mass is 9.75. The molecular weight excluding hydrogens is 536 g/mol. The molecule has 222 valence electrons. The molecule has 1 unspecified atom stereocenters. The maximum Gasteiger partial charge on any atom is 0.420 e. The van der Waals surface area contributed by atoms with E-state index in [2.05, 4.69) is 6.07 Å². The first-order valence-electron chi connectivity index (χ1n) is 13.9. The zero-order valence-corrected chi connectivity index (χ0v) is 25.7. The van der Waals surface area contributed by atoms with Gasteiger partial charge in [0.25, 0.3) is 0 Å². The van der Waals surface area contributed by atoms with E-state index < -0.39 is 28.8 Å². The van der Waals surface area contributed by atoms with Gasteiger partial charge in [-0.2, -0.15) is 5.26 Å². The minimum absolute atomic E-state index is 0.0531. The monoisotopic (exact) mass is 574 g/mol. The Morgan fingerprint density at radius 1 is 1.05 bits per heavy atom. The molecule has 1 aliphatic heterocycles. The van der Waals surface area contributed by atoms with Gasteiger partial charge in [-0.1, -0.05) is 0 Å². The van der Waals surface area contributed by atoms with Gasteiger partial charge in [0.15, 0.2) is 0 Å². The molecule has 2 heterocycles. The lowest BCUT2D eigenvalue weighted by molar-refractivity contribution is -0.108. The Kier molecular flexibility index (Phi) is 7.85. The van der Waals surface area contributed by atoms with E-state index >= 15 is 0 Å². The third-order valence-corrected chi connectivity index (χ3v) is 7.14. The van der Waals surface area contributed by atoms with E-state index in [1.165, 1.54) is 4.57 Å². The number of carbonyl (C=O) groups is 3. The summed E-state index contributed by atoms with van der Waals surface area (Å²) in [5, 5.41) is 9.58. The number of carbonyl (C=O) groups excluding carboxylic acids is 3. The van der Waals surface area contributed by atoms with E-state index in [9.17, 15) is 19.6 Å². The minimum atomic E-state index is -1.20. The summed E-state index contributed by atoms with van der Waals surface area (Å²) in [6.07, 6.45) is 0.0449. The maximum absolute atomic E-state index is 13.8. The van der Waals surface area contributed by atoms with Crippen molar-refractivity contribution in [3.63, 3.8) is 0 Å². The second kappa shape index (κ2) is 10.8. The van der Waals surface area contributed by atoms with Gasteiger partial charge in [0.1, 0.15) is 29.1 Å². The molecule has 0 spiro atoms. The second-order valence-corrected chi connectivity index (χ2v) is 12.7. The fourth-order valence-electron chi connectivity index (χ4n) is 5.54. The van der Waals surface area contributed by atoms with Gasteiger partial charge < -0.3 is 19.0 Å². The Morgan fingerprint density at radius 2 is 1.69 bits per heavy atom. The Balaban J connectivity index is 2.05. The molecule has 1 aliphatic rings. The number of hydrogen-bond donors (Lipinski definition) is 0. The van der Waals surface area contributed by atoms with Crippen LogP contribution in [0.3, 0.4) is 0 Å². The van der Waals surface area contributed by atoms with Crippen LogP contribution in [0.25, 0.3) is 11.0 Å². The number of hydrogen-bond acceptors (Lipinski definition) is 8. The summed E-state index contributed by atoms with van der Waals surface area (Å²) in [7, 11) is 1.54. The Bertz CT molecular complexity index is 1620. The molecule has 0 N–H and O–H groups in total. The molecule has 0 saturated carbocycles. The minimum Gasteiger partial charge on any atom is -0.496 e. The predicted molar refractivity (Wildman–Crippen MR) is 158 cm³/mol. The second-order valence-electron chi connectivity index (χ2n) is 12.7. The van der Waals surface area contributed by atoms with Crippen LogP contribution < -0.4 is 9.64 Å². The molecule has 10 nitrogen and oxygen atoms in total. The molecule has 0 saturated heterocycles. The van der Waals surface area contributed by atoms with Crippen LogP contribution in [0, 0.1) is 18.3 Å². The number of imidazole rings is 1. The van der Waals surface area contributed by atoms with Gasteiger partial charge in [0.2, 0.25) is 0 Å². The topological polar surface area (TPSA) is 124 Å². The van der Waals surface area contributed by atoms with Crippen LogP contribution in [0.5, 0.6) is 5.75 Å². The van der Waals surface area contributed by atoms with Gasteiger partial charge in [0, 0.05) is 18.5 Å². The summed E-state index contributed by atoms with van der Waals surface area (Å²) in [6.45, 7) is 14.8. The van der Waals surface area contributed by atoms with Gasteiger partial charge in [-0.25, -0.2) is 19.1 Å². The van der Waals surface area contributed by atoms with E-state index in [-0.39, 0.29) is 12.2 Å². The highest BCUT2D eigenvalue weighted by molar-refractivity contribution is 5.93. The fourth-order valence-corrected chi connectivity index (χ4v) is 5.54. The average Bonchev–Trinajstić information content (AvgIpc) is 3.49. The Morgan fingerprint density at radius 3 is 2.26 bits per heavy atom. The summed E-state index contributed by atoms with van der Waals surface area (Å²) in [5.74, 6) is 0.760. The van der Waals surface area contributed by atoms with Crippen LogP contribution in [-0.4, -0.2) is 52.9 Å². The molecule has 1 atom stereocenters. The van der Waals surface area contributed by atoms with Crippen molar-refractivity contribution >= 4 is 35.2 Å². The molecule has 2 aromatic carbocycles. The lowest BCUT2D eigenvalue weighted by Crippen LogP contribution is -2.36. The van der Waals surface area contributed by atoms with Crippen molar-refractivity contribution in [2.75, 3.05) is 18.6 Å². The third kappa shape index (κ3) is 5.56. The molecule has 1 amide bonds. The molecule has 0 fully saturated rings. The number of aryl methyl sites for hydroxylation is 1. The van der Waals surface area contributed by atoms with Crippen LogP contribution >= 0.6 is 0 Å². The van der Waals surface area contributed by atoms with Crippen LogP contribution in [0.4, 0.5) is 15.3 Å². The Labute approximate surface area is 246 Å². The fraction of sp³-hybridized carbons (Fsp3) is 0.469. The van der Waals surface area contributed by atoms with Crippen molar-refractivity contribution in [2.24, 2.45) is 0 Å². The van der Waals surface area contributed by atoms with Crippen molar-refractivity contribution in [1.29, 1.82) is 5.26 Å². The van der Waals surface area contributed by atoms with Gasteiger partial charge >= 0.3 is 12.2 Å².